The van der Waals surface area contributed by atoms with Crippen molar-refractivity contribution in [3.05, 3.63) is 57.8 Å². The van der Waals surface area contributed by atoms with Gasteiger partial charge in [0.1, 0.15) is 5.82 Å². The number of amides is 1. The Balaban J connectivity index is 1.77. The monoisotopic (exact) mass is 366 g/mol. The van der Waals surface area contributed by atoms with E-state index in [9.17, 15) is 9.18 Å². The highest BCUT2D eigenvalue weighted by Crippen LogP contribution is 2.27. The van der Waals surface area contributed by atoms with Crippen LogP contribution in [0.1, 0.15) is 29.6 Å². The van der Waals surface area contributed by atoms with Crippen LogP contribution in [0.25, 0.3) is 0 Å². The third-order valence-electron chi connectivity index (χ3n) is 4.08. The quantitative estimate of drug-likeness (QED) is 0.791. The van der Waals surface area contributed by atoms with Gasteiger partial charge in [-0.15, -0.1) is 0 Å². The Morgan fingerprint density at radius 1 is 1.04 bits per heavy atom. The number of benzene rings is 2. The van der Waals surface area contributed by atoms with Crippen molar-refractivity contribution >= 4 is 40.5 Å². The highest BCUT2D eigenvalue weighted by molar-refractivity contribution is 6.36. The Morgan fingerprint density at radius 3 is 2.50 bits per heavy atom. The van der Waals surface area contributed by atoms with Crippen LogP contribution in [0.2, 0.25) is 10.0 Å². The van der Waals surface area contributed by atoms with E-state index in [0.717, 1.165) is 25.9 Å². The number of rotatable bonds is 3. The maximum atomic E-state index is 14.4. The number of hydrogen-bond donors (Lipinski definition) is 1. The van der Waals surface area contributed by atoms with Gasteiger partial charge >= 0.3 is 0 Å². The molecule has 0 bridgehead atoms. The smallest absolute Gasteiger partial charge is 0.257 e. The second-order valence-corrected chi connectivity index (χ2v) is 6.64. The van der Waals surface area contributed by atoms with E-state index in [0.29, 0.717) is 21.4 Å². The summed E-state index contributed by atoms with van der Waals surface area (Å²) in [7, 11) is 0. The number of nitrogens with zero attached hydrogens (tertiary/aromatic N) is 1. The van der Waals surface area contributed by atoms with Crippen molar-refractivity contribution in [3.63, 3.8) is 0 Å². The molecule has 24 heavy (non-hydrogen) atoms. The minimum absolute atomic E-state index is 0.254. The van der Waals surface area contributed by atoms with Gasteiger partial charge in [0, 0.05) is 23.8 Å². The molecule has 6 heteroatoms. The van der Waals surface area contributed by atoms with Crippen LogP contribution in [0.15, 0.2) is 36.4 Å². The zero-order valence-corrected chi connectivity index (χ0v) is 14.5. The number of carbonyl (C=O) groups is 1. The molecule has 3 nitrogen and oxygen atoms in total. The van der Waals surface area contributed by atoms with Crippen molar-refractivity contribution in [2.45, 2.75) is 19.3 Å². The molecule has 0 aliphatic carbocycles. The van der Waals surface area contributed by atoms with Gasteiger partial charge in [0.2, 0.25) is 0 Å². The average Bonchev–Trinajstić information content (AvgIpc) is 2.58. The van der Waals surface area contributed by atoms with Crippen molar-refractivity contribution in [1.82, 2.24) is 0 Å². The molecule has 0 spiro atoms. The van der Waals surface area contributed by atoms with Crippen molar-refractivity contribution in [2.24, 2.45) is 0 Å². The van der Waals surface area contributed by atoms with Gasteiger partial charge in [-0.05, 0) is 55.7 Å². The highest BCUT2D eigenvalue weighted by Gasteiger charge is 2.16. The van der Waals surface area contributed by atoms with Gasteiger partial charge in [-0.25, -0.2) is 4.39 Å². The van der Waals surface area contributed by atoms with Crippen molar-refractivity contribution < 1.29 is 9.18 Å². The second kappa shape index (κ2) is 7.41. The van der Waals surface area contributed by atoms with Crippen LogP contribution in [0.4, 0.5) is 15.8 Å². The van der Waals surface area contributed by atoms with Crippen LogP contribution >= 0.6 is 23.2 Å². The van der Waals surface area contributed by atoms with E-state index in [1.54, 1.807) is 24.3 Å². The van der Waals surface area contributed by atoms with Crippen molar-refractivity contribution in [1.29, 1.82) is 0 Å². The molecule has 1 aliphatic heterocycles. The molecule has 126 valence electrons. The first-order chi connectivity index (χ1) is 11.5. The van der Waals surface area contributed by atoms with E-state index in [1.807, 2.05) is 4.90 Å². The number of halogens is 3. The Morgan fingerprint density at radius 2 is 1.79 bits per heavy atom. The Hall–Kier alpha value is -1.78. The summed E-state index contributed by atoms with van der Waals surface area (Å²) in [5, 5.41) is 3.36. The summed E-state index contributed by atoms with van der Waals surface area (Å²) >= 11 is 11.9. The molecular formula is C18H17Cl2FN2O. The molecule has 1 saturated heterocycles. The molecule has 1 N–H and O–H groups in total. The molecule has 0 unspecified atom stereocenters. The number of hydrogen-bond acceptors (Lipinski definition) is 2. The number of nitrogens with one attached hydrogen (secondary N) is 1. The number of piperidine rings is 1. The lowest BCUT2D eigenvalue weighted by molar-refractivity contribution is 0.102. The Labute approximate surface area is 150 Å². The topological polar surface area (TPSA) is 32.3 Å². The largest absolute Gasteiger partial charge is 0.369 e. The summed E-state index contributed by atoms with van der Waals surface area (Å²) in [4.78, 5) is 14.3. The van der Waals surface area contributed by atoms with E-state index < -0.39 is 5.91 Å². The van der Waals surface area contributed by atoms with Crippen LogP contribution in [0.5, 0.6) is 0 Å². The van der Waals surface area contributed by atoms with E-state index in [1.165, 1.54) is 18.6 Å². The maximum Gasteiger partial charge on any atom is 0.257 e. The van der Waals surface area contributed by atoms with Gasteiger partial charge in [-0.3, -0.25) is 4.79 Å². The van der Waals surface area contributed by atoms with Crippen LogP contribution in [0.3, 0.4) is 0 Å². The van der Waals surface area contributed by atoms with Gasteiger partial charge in [0.25, 0.3) is 5.91 Å². The summed E-state index contributed by atoms with van der Waals surface area (Å²) in [5.41, 5.74) is 1.22. The standard InChI is InChI=1S/C18H17Cl2FN2O/c19-12-4-6-15(20)14(10-12)18(24)22-13-5-7-17(16(21)11-13)23-8-2-1-3-9-23/h4-7,10-11H,1-3,8-9H2,(H,22,24). The highest BCUT2D eigenvalue weighted by atomic mass is 35.5. The lowest BCUT2D eigenvalue weighted by Crippen LogP contribution is -2.30. The third-order valence-corrected chi connectivity index (χ3v) is 4.64. The lowest BCUT2D eigenvalue weighted by Gasteiger charge is -2.29. The molecule has 2 aromatic rings. The number of carbonyl (C=O) groups excluding carboxylic acids is 1. The molecule has 3 rings (SSSR count). The predicted octanol–water partition coefficient (Wildman–Crippen LogP) is 5.38. The summed E-state index contributed by atoms with van der Waals surface area (Å²) in [6, 6.07) is 9.38. The molecular weight excluding hydrogens is 350 g/mol. The fraction of sp³-hybridized carbons (Fsp3) is 0.278. The zero-order chi connectivity index (χ0) is 17.1. The maximum absolute atomic E-state index is 14.4. The molecule has 0 atom stereocenters. The minimum atomic E-state index is -0.423. The van der Waals surface area contributed by atoms with Crippen molar-refractivity contribution in [3.8, 4) is 0 Å². The summed E-state index contributed by atoms with van der Waals surface area (Å²) in [6.07, 6.45) is 3.34. The van der Waals surface area contributed by atoms with Gasteiger partial charge in [-0.1, -0.05) is 23.2 Å². The molecule has 2 aromatic carbocycles. The van der Waals surface area contributed by atoms with Crippen LogP contribution < -0.4 is 10.2 Å². The number of anilines is 2. The van der Waals surface area contributed by atoms with Crippen LogP contribution in [-0.4, -0.2) is 19.0 Å². The molecule has 0 aromatic heterocycles. The minimum Gasteiger partial charge on any atom is -0.369 e. The first kappa shape index (κ1) is 17.1. The van der Waals surface area contributed by atoms with Crippen LogP contribution in [-0.2, 0) is 0 Å². The predicted molar refractivity (Wildman–Crippen MR) is 96.9 cm³/mol. The lowest BCUT2D eigenvalue weighted by atomic mass is 10.1. The summed E-state index contributed by atoms with van der Waals surface area (Å²) < 4.78 is 14.4. The fourth-order valence-corrected chi connectivity index (χ4v) is 3.22. The first-order valence-corrected chi connectivity index (χ1v) is 8.61. The summed E-state index contributed by atoms with van der Waals surface area (Å²) in [5.74, 6) is -0.764. The molecule has 1 amide bonds. The molecule has 1 fully saturated rings. The van der Waals surface area contributed by atoms with Crippen molar-refractivity contribution in [2.75, 3.05) is 23.3 Å². The molecule has 1 aliphatic rings. The Bertz CT molecular complexity index is 761. The van der Waals surface area contributed by atoms with E-state index in [2.05, 4.69) is 5.32 Å². The van der Waals surface area contributed by atoms with Gasteiger partial charge < -0.3 is 10.2 Å². The van der Waals surface area contributed by atoms with Gasteiger partial charge in [0.05, 0.1) is 16.3 Å². The Kier molecular flexibility index (Phi) is 5.27. The van der Waals surface area contributed by atoms with Gasteiger partial charge in [-0.2, -0.15) is 0 Å². The van der Waals surface area contributed by atoms with Gasteiger partial charge in [0.15, 0.2) is 0 Å². The third kappa shape index (κ3) is 3.82. The normalized spacial score (nSPS) is 14.5. The first-order valence-electron chi connectivity index (χ1n) is 7.85. The van der Waals surface area contributed by atoms with E-state index >= 15 is 0 Å². The summed E-state index contributed by atoms with van der Waals surface area (Å²) in [6.45, 7) is 1.72. The molecule has 0 radical (unpaired) electrons. The van der Waals surface area contributed by atoms with E-state index in [-0.39, 0.29) is 11.4 Å². The second-order valence-electron chi connectivity index (χ2n) is 5.79. The zero-order valence-electron chi connectivity index (χ0n) is 13.0. The SMILES string of the molecule is O=C(Nc1ccc(N2CCCCC2)c(F)c1)c1cc(Cl)ccc1Cl. The molecule has 0 saturated carbocycles. The average molecular weight is 367 g/mol. The fourth-order valence-electron chi connectivity index (χ4n) is 2.85. The van der Waals surface area contributed by atoms with Crippen LogP contribution in [0, 0.1) is 5.82 Å². The molecule has 1 heterocycles. The van der Waals surface area contributed by atoms with E-state index in [4.69, 9.17) is 23.2 Å².